The van der Waals surface area contributed by atoms with E-state index in [2.05, 4.69) is 30.5 Å². The number of benzene rings is 2. The predicted octanol–water partition coefficient (Wildman–Crippen LogP) is 5.48. The Morgan fingerprint density at radius 1 is 1.09 bits per heavy atom. The summed E-state index contributed by atoms with van der Waals surface area (Å²) < 4.78 is 18.6. The summed E-state index contributed by atoms with van der Waals surface area (Å²) in [4.78, 5) is 18.2. The third-order valence-electron chi connectivity index (χ3n) is 6.22. The summed E-state index contributed by atoms with van der Waals surface area (Å²) in [5.41, 5.74) is 5.12. The van der Waals surface area contributed by atoms with E-state index in [-0.39, 0.29) is 5.97 Å². The summed E-state index contributed by atoms with van der Waals surface area (Å²) in [6, 6.07) is 13.8. The number of carbonyl (C=O) groups is 1. The molecule has 1 aromatic heterocycles. The van der Waals surface area contributed by atoms with Crippen LogP contribution in [0.4, 0.5) is 0 Å². The van der Waals surface area contributed by atoms with Gasteiger partial charge in [0.2, 0.25) is 0 Å². The molecule has 4 rings (SSSR count). The van der Waals surface area contributed by atoms with Crippen molar-refractivity contribution < 1.29 is 19.0 Å². The molecule has 174 valence electrons. The maximum Gasteiger partial charge on any atom is 0.328 e. The van der Waals surface area contributed by atoms with Crippen molar-refractivity contribution >= 4 is 5.97 Å². The molecule has 2 aromatic carbocycles. The summed E-state index contributed by atoms with van der Waals surface area (Å²) in [5.74, 6) is 2.28. The summed E-state index contributed by atoms with van der Waals surface area (Å²) in [6.07, 6.45) is 3.15. The third-order valence-corrected chi connectivity index (χ3v) is 6.22. The maximum absolute atomic E-state index is 13.0. The van der Waals surface area contributed by atoms with Crippen LogP contribution in [0.5, 0.6) is 11.5 Å². The second-order valence-electron chi connectivity index (χ2n) is 8.86. The highest BCUT2D eigenvalue weighted by Crippen LogP contribution is 2.42. The minimum absolute atomic E-state index is 0.234. The Kier molecular flexibility index (Phi) is 6.72. The molecule has 3 aromatic rings. The van der Waals surface area contributed by atoms with Crippen LogP contribution in [-0.2, 0) is 22.4 Å². The van der Waals surface area contributed by atoms with Crippen LogP contribution in [0.1, 0.15) is 44.0 Å². The zero-order chi connectivity index (χ0) is 23.5. The molecule has 0 saturated carbocycles. The van der Waals surface area contributed by atoms with Crippen LogP contribution >= 0.6 is 0 Å². The van der Waals surface area contributed by atoms with Crippen molar-refractivity contribution in [3.05, 3.63) is 53.7 Å². The standard InChI is InChI=1S/C27H32N2O4/c1-17(2)14-22-25(18-10-7-6-8-11-18)28-26-20-16-24(32-4)23(31-3)15-19(20)12-9-13-21(29(22)26)27(30)33-5/h6-8,10-11,15-17,21H,9,12-14H2,1-5H3. The first-order valence-corrected chi connectivity index (χ1v) is 11.5. The van der Waals surface area contributed by atoms with Crippen molar-refractivity contribution in [2.24, 2.45) is 5.92 Å². The molecule has 0 aliphatic carbocycles. The number of hydrogen-bond donors (Lipinski definition) is 0. The number of imidazole rings is 1. The molecule has 1 aliphatic rings. The molecule has 6 heteroatoms. The highest BCUT2D eigenvalue weighted by atomic mass is 16.5. The normalized spacial score (nSPS) is 15.3. The Labute approximate surface area is 195 Å². The molecule has 1 unspecified atom stereocenters. The number of carbonyl (C=O) groups excluding carboxylic acids is 1. The van der Waals surface area contributed by atoms with Gasteiger partial charge in [0.05, 0.1) is 27.0 Å². The molecule has 1 aliphatic heterocycles. The minimum Gasteiger partial charge on any atom is -0.493 e. The average Bonchev–Trinajstić information content (AvgIpc) is 3.17. The van der Waals surface area contributed by atoms with Crippen LogP contribution in [0, 0.1) is 5.92 Å². The molecule has 33 heavy (non-hydrogen) atoms. The lowest BCUT2D eigenvalue weighted by molar-refractivity contribution is -0.144. The second-order valence-corrected chi connectivity index (χ2v) is 8.86. The van der Waals surface area contributed by atoms with Gasteiger partial charge in [-0.3, -0.25) is 0 Å². The molecular weight excluding hydrogens is 416 g/mol. The van der Waals surface area contributed by atoms with Gasteiger partial charge in [-0.25, -0.2) is 9.78 Å². The number of ether oxygens (including phenoxy) is 3. The van der Waals surface area contributed by atoms with Gasteiger partial charge in [0.25, 0.3) is 0 Å². The number of hydrogen-bond acceptors (Lipinski definition) is 5. The van der Waals surface area contributed by atoms with Gasteiger partial charge in [-0.2, -0.15) is 0 Å². The van der Waals surface area contributed by atoms with Gasteiger partial charge in [0, 0.05) is 16.8 Å². The molecule has 0 radical (unpaired) electrons. The molecule has 0 fully saturated rings. The van der Waals surface area contributed by atoms with E-state index in [0.29, 0.717) is 23.8 Å². The molecule has 6 nitrogen and oxygen atoms in total. The quantitative estimate of drug-likeness (QED) is 0.467. The molecule has 0 spiro atoms. The molecule has 2 heterocycles. The van der Waals surface area contributed by atoms with Crippen molar-refractivity contribution in [3.63, 3.8) is 0 Å². The van der Waals surface area contributed by atoms with Crippen molar-refractivity contribution in [1.82, 2.24) is 9.55 Å². The van der Waals surface area contributed by atoms with E-state index in [1.54, 1.807) is 14.2 Å². The number of methoxy groups -OCH3 is 3. The van der Waals surface area contributed by atoms with Gasteiger partial charge < -0.3 is 18.8 Å². The monoisotopic (exact) mass is 448 g/mol. The number of fused-ring (bicyclic) bond motifs is 3. The van der Waals surface area contributed by atoms with Crippen LogP contribution in [0.2, 0.25) is 0 Å². The van der Waals surface area contributed by atoms with Gasteiger partial charge in [-0.15, -0.1) is 0 Å². The third kappa shape index (κ3) is 4.34. The minimum atomic E-state index is -0.426. The highest BCUT2D eigenvalue weighted by Gasteiger charge is 2.33. The van der Waals surface area contributed by atoms with Crippen LogP contribution in [0.15, 0.2) is 42.5 Å². The van der Waals surface area contributed by atoms with Crippen LogP contribution in [0.25, 0.3) is 22.6 Å². The Bertz CT molecular complexity index is 1130. The Morgan fingerprint density at radius 3 is 2.42 bits per heavy atom. The van der Waals surface area contributed by atoms with Crippen molar-refractivity contribution in [2.75, 3.05) is 21.3 Å². The molecule has 0 N–H and O–H groups in total. The van der Waals surface area contributed by atoms with E-state index in [0.717, 1.165) is 53.2 Å². The van der Waals surface area contributed by atoms with Gasteiger partial charge in [-0.1, -0.05) is 44.2 Å². The van der Waals surface area contributed by atoms with Gasteiger partial charge in [0.1, 0.15) is 11.9 Å². The lowest BCUT2D eigenvalue weighted by Gasteiger charge is -2.26. The first-order chi connectivity index (χ1) is 16.0. The van der Waals surface area contributed by atoms with Crippen LogP contribution < -0.4 is 9.47 Å². The zero-order valence-electron chi connectivity index (χ0n) is 20.1. The number of nitrogens with zero attached hydrogens (tertiary/aromatic N) is 2. The predicted molar refractivity (Wildman–Crippen MR) is 129 cm³/mol. The Morgan fingerprint density at radius 2 is 1.79 bits per heavy atom. The number of esters is 1. The van der Waals surface area contributed by atoms with Gasteiger partial charge in [0.15, 0.2) is 11.5 Å². The fraction of sp³-hybridized carbons (Fsp3) is 0.407. The lowest BCUT2D eigenvalue weighted by Crippen LogP contribution is -2.25. The molecule has 0 amide bonds. The van der Waals surface area contributed by atoms with Crippen LogP contribution in [-0.4, -0.2) is 36.8 Å². The largest absolute Gasteiger partial charge is 0.493 e. The van der Waals surface area contributed by atoms with E-state index in [1.165, 1.54) is 7.11 Å². The lowest BCUT2D eigenvalue weighted by atomic mass is 9.95. The van der Waals surface area contributed by atoms with E-state index < -0.39 is 6.04 Å². The van der Waals surface area contributed by atoms with Crippen molar-refractivity contribution in [3.8, 4) is 34.1 Å². The van der Waals surface area contributed by atoms with Gasteiger partial charge in [-0.05, 0) is 49.3 Å². The SMILES string of the molecule is COC(=O)C1CCCc2cc(OC)c(OC)cc2-c2nc(-c3ccccc3)c(CC(C)C)n21. The topological polar surface area (TPSA) is 62.6 Å². The first-order valence-electron chi connectivity index (χ1n) is 11.5. The molecule has 1 atom stereocenters. The number of aromatic nitrogens is 2. The molecule has 0 saturated heterocycles. The molecule has 0 bridgehead atoms. The van der Waals surface area contributed by atoms with Crippen molar-refractivity contribution in [1.29, 1.82) is 0 Å². The second kappa shape index (κ2) is 9.69. The Hall–Kier alpha value is -3.28. The first kappa shape index (κ1) is 22.9. The van der Waals surface area contributed by atoms with E-state index in [4.69, 9.17) is 19.2 Å². The zero-order valence-corrected chi connectivity index (χ0v) is 20.1. The van der Waals surface area contributed by atoms with E-state index in [1.807, 2.05) is 30.3 Å². The highest BCUT2D eigenvalue weighted by molar-refractivity contribution is 5.79. The summed E-state index contributed by atoms with van der Waals surface area (Å²) in [6.45, 7) is 4.37. The summed E-state index contributed by atoms with van der Waals surface area (Å²) in [7, 11) is 4.74. The Balaban J connectivity index is 2.06. The number of aryl methyl sites for hydroxylation is 1. The van der Waals surface area contributed by atoms with Gasteiger partial charge >= 0.3 is 5.97 Å². The summed E-state index contributed by atoms with van der Waals surface area (Å²) in [5, 5.41) is 0. The average molecular weight is 449 g/mol. The van der Waals surface area contributed by atoms with Crippen molar-refractivity contribution in [2.45, 2.75) is 45.6 Å². The van der Waals surface area contributed by atoms with Crippen LogP contribution in [0.3, 0.4) is 0 Å². The van der Waals surface area contributed by atoms with E-state index in [9.17, 15) is 4.79 Å². The fourth-order valence-electron chi connectivity index (χ4n) is 4.71. The smallest absolute Gasteiger partial charge is 0.328 e. The molecular formula is C27H32N2O4. The maximum atomic E-state index is 13.0. The van der Waals surface area contributed by atoms with E-state index >= 15 is 0 Å². The fourth-order valence-corrected chi connectivity index (χ4v) is 4.71. The summed E-state index contributed by atoms with van der Waals surface area (Å²) >= 11 is 0. The number of rotatable bonds is 6.